The topological polar surface area (TPSA) is 42.8 Å². The van der Waals surface area contributed by atoms with E-state index in [1.54, 1.807) is 0 Å². The summed E-state index contributed by atoms with van der Waals surface area (Å²) in [7, 11) is 0. The third kappa shape index (κ3) is 1.47. The number of nitrogens with one attached hydrogen (secondary N) is 1. The molecule has 0 aromatic carbocycles. The van der Waals surface area contributed by atoms with Crippen LogP contribution in [0, 0.1) is 11.7 Å². The van der Waals surface area contributed by atoms with E-state index in [9.17, 15) is 0 Å². The summed E-state index contributed by atoms with van der Waals surface area (Å²) in [6, 6.07) is 2.40. The number of aryl methyl sites for hydroxylation is 1. The number of nitrogens with zero attached hydrogens (tertiary/aromatic N) is 2. The highest BCUT2D eigenvalue weighted by molar-refractivity contribution is 7.71. The molecule has 0 aliphatic carbocycles. The van der Waals surface area contributed by atoms with Crippen molar-refractivity contribution in [1.82, 2.24) is 14.5 Å². The molecule has 1 unspecified atom stereocenters. The summed E-state index contributed by atoms with van der Waals surface area (Å²) in [5, 5.41) is 0. The molecule has 0 amide bonds. The van der Waals surface area contributed by atoms with Gasteiger partial charge in [0.05, 0.1) is 18.2 Å². The van der Waals surface area contributed by atoms with Crippen LogP contribution >= 0.6 is 12.2 Å². The largest absolute Gasteiger partial charge is 0.379 e. The van der Waals surface area contributed by atoms with Crippen molar-refractivity contribution < 1.29 is 4.74 Å². The standard InChI is InChI=1S/C11H13N3OS/c1-7-4-9-10(12-5-7)14(11(16)13-9)8-2-3-15-6-8/h4-5,8H,2-3,6H2,1H3,(H,13,16). The first-order valence-corrected chi connectivity index (χ1v) is 5.81. The lowest BCUT2D eigenvalue weighted by atomic mass is 10.2. The maximum atomic E-state index is 5.40. The quantitative estimate of drug-likeness (QED) is 0.772. The number of hydrogen-bond donors (Lipinski definition) is 1. The lowest BCUT2D eigenvalue weighted by Crippen LogP contribution is -2.09. The molecule has 1 aliphatic rings. The number of rotatable bonds is 1. The number of ether oxygens (including phenoxy) is 1. The number of aromatic nitrogens is 3. The number of pyridine rings is 1. The third-order valence-corrected chi connectivity index (χ3v) is 3.26. The van der Waals surface area contributed by atoms with Gasteiger partial charge in [-0.2, -0.15) is 0 Å². The first kappa shape index (κ1) is 9.99. The van der Waals surface area contributed by atoms with Crippen molar-refractivity contribution in [3.63, 3.8) is 0 Å². The average molecular weight is 235 g/mol. The smallest absolute Gasteiger partial charge is 0.179 e. The van der Waals surface area contributed by atoms with Gasteiger partial charge in [-0.3, -0.25) is 4.57 Å². The summed E-state index contributed by atoms with van der Waals surface area (Å²) in [5.41, 5.74) is 3.08. The SMILES string of the molecule is Cc1cnc2c(c1)[nH]c(=S)n2C1CCOC1. The number of fused-ring (bicyclic) bond motifs is 1. The molecule has 84 valence electrons. The van der Waals surface area contributed by atoms with E-state index >= 15 is 0 Å². The van der Waals surface area contributed by atoms with Gasteiger partial charge in [0.1, 0.15) is 0 Å². The van der Waals surface area contributed by atoms with Gasteiger partial charge < -0.3 is 9.72 Å². The number of imidazole rings is 1. The minimum atomic E-state index is 0.330. The molecular formula is C11H13N3OS. The van der Waals surface area contributed by atoms with Crippen molar-refractivity contribution in [2.75, 3.05) is 13.2 Å². The van der Waals surface area contributed by atoms with Gasteiger partial charge in [-0.05, 0) is 37.2 Å². The van der Waals surface area contributed by atoms with Crippen LogP contribution in [0.2, 0.25) is 0 Å². The average Bonchev–Trinajstić information content (AvgIpc) is 2.83. The Morgan fingerprint density at radius 1 is 1.62 bits per heavy atom. The maximum Gasteiger partial charge on any atom is 0.179 e. The molecule has 1 N–H and O–H groups in total. The second-order valence-electron chi connectivity index (χ2n) is 4.20. The zero-order valence-corrected chi connectivity index (χ0v) is 9.88. The predicted octanol–water partition coefficient (Wildman–Crippen LogP) is 2.36. The van der Waals surface area contributed by atoms with E-state index in [1.165, 1.54) is 0 Å². The second-order valence-corrected chi connectivity index (χ2v) is 4.59. The molecule has 1 atom stereocenters. The molecule has 0 spiro atoms. The fourth-order valence-corrected chi connectivity index (χ4v) is 2.53. The minimum absolute atomic E-state index is 0.330. The predicted molar refractivity (Wildman–Crippen MR) is 64.1 cm³/mol. The van der Waals surface area contributed by atoms with E-state index in [4.69, 9.17) is 17.0 Å². The molecule has 2 aromatic heterocycles. The molecule has 3 rings (SSSR count). The fraction of sp³-hybridized carbons (Fsp3) is 0.455. The van der Waals surface area contributed by atoms with Crippen LogP contribution in [-0.4, -0.2) is 27.7 Å². The molecule has 4 nitrogen and oxygen atoms in total. The lowest BCUT2D eigenvalue weighted by Gasteiger charge is -2.09. The van der Waals surface area contributed by atoms with Crippen molar-refractivity contribution in [2.45, 2.75) is 19.4 Å². The minimum Gasteiger partial charge on any atom is -0.379 e. The van der Waals surface area contributed by atoms with Crippen LogP contribution in [0.25, 0.3) is 11.2 Å². The van der Waals surface area contributed by atoms with E-state index in [0.717, 1.165) is 41.1 Å². The molecule has 5 heteroatoms. The monoisotopic (exact) mass is 235 g/mol. The maximum absolute atomic E-state index is 5.40. The van der Waals surface area contributed by atoms with E-state index in [1.807, 2.05) is 13.1 Å². The van der Waals surface area contributed by atoms with E-state index in [0.29, 0.717) is 6.04 Å². The fourth-order valence-electron chi connectivity index (χ4n) is 2.18. The molecule has 3 heterocycles. The van der Waals surface area contributed by atoms with Crippen molar-refractivity contribution in [3.8, 4) is 0 Å². The summed E-state index contributed by atoms with van der Waals surface area (Å²) < 4.78 is 8.22. The molecule has 1 saturated heterocycles. The van der Waals surface area contributed by atoms with Crippen LogP contribution in [0.15, 0.2) is 12.3 Å². The van der Waals surface area contributed by atoms with Gasteiger partial charge in [-0.15, -0.1) is 0 Å². The van der Waals surface area contributed by atoms with Gasteiger partial charge in [-0.25, -0.2) is 4.98 Å². The molecule has 1 fully saturated rings. The van der Waals surface area contributed by atoms with Crippen LogP contribution in [0.3, 0.4) is 0 Å². The van der Waals surface area contributed by atoms with Crippen LogP contribution in [0.4, 0.5) is 0 Å². The van der Waals surface area contributed by atoms with Gasteiger partial charge in [0.2, 0.25) is 0 Å². The summed E-state index contributed by atoms with van der Waals surface area (Å²) in [6.07, 6.45) is 2.88. The summed E-state index contributed by atoms with van der Waals surface area (Å²) >= 11 is 5.34. The van der Waals surface area contributed by atoms with Gasteiger partial charge in [-0.1, -0.05) is 0 Å². The third-order valence-electron chi connectivity index (χ3n) is 2.96. The summed E-state index contributed by atoms with van der Waals surface area (Å²) in [6.45, 7) is 3.57. The first-order chi connectivity index (χ1) is 7.75. The molecular weight excluding hydrogens is 222 g/mol. The highest BCUT2D eigenvalue weighted by atomic mass is 32.1. The normalized spacial score (nSPS) is 20.7. The van der Waals surface area contributed by atoms with Gasteiger partial charge in [0.15, 0.2) is 10.4 Å². The van der Waals surface area contributed by atoms with Gasteiger partial charge in [0.25, 0.3) is 0 Å². The Morgan fingerprint density at radius 3 is 3.25 bits per heavy atom. The molecule has 0 bridgehead atoms. The van der Waals surface area contributed by atoms with E-state index in [-0.39, 0.29) is 0 Å². The van der Waals surface area contributed by atoms with E-state index in [2.05, 4.69) is 20.6 Å². The van der Waals surface area contributed by atoms with Crippen LogP contribution in [0.5, 0.6) is 0 Å². The van der Waals surface area contributed by atoms with Crippen LogP contribution in [0.1, 0.15) is 18.0 Å². The van der Waals surface area contributed by atoms with Crippen molar-refractivity contribution >= 4 is 23.4 Å². The van der Waals surface area contributed by atoms with Gasteiger partial charge >= 0.3 is 0 Å². The molecule has 0 saturated carbocycles. The zero-order valence-electron chi connectivity index (χ0n) is 9.06. The first-order valence-electron chi connectivity index (χ1n) is 5.40. The Morgan fingerprint density at radius 2 is 2.50 bits per heavy atom. The van der Waals surface area contributed by atoms with Crippen molar-refractivity contribution in [3.05, 3.63) is 22.6 Å². The zero-order chi connectivity index (χ0) is 11.1. The molecule has 0 radical (unpaired) electrons. The highest BCUT2D eigenvalue weighted by Crippen LogP contribution is 2.24. The highest BCUT2D eigenvalue weighted by Gasteiger charge is 2.21. The second kappa shape index (κ2) is 3.68. The number of hydrogen-bond acceptors (Lipinski definition) is 3. The Labute approximate surface area is 98.3 Å². The Bertz CT molecular complexity index is 580. The van der Waals surface area contributed by atoms with Crippen LogP contribution < -0.4 is 0 Å². The molecule has 16 heavy (non-hydrogen) atoms. The van der Waals surface area contributed by atoms with Crippen molar-refractivity contribution in [2.24, 2.45) is 0 Å². The lowest BCUT2D eigenvalue weighted by molar-refractivity contribution is 0.187. The van der Waals surface area contributed by atoms with Crippen LogP contribution in [-0.2, 0) is 4.74 Å². The Balaban J connectivity index is 2.23. The molecule has 1 aliphatic heterocycles. The van der Waals surface area contributed by atoms with Crippen molar-refractivity contribution in [1.29, 1.82) is 0 Å². The van der Waals surface area contributed by atoms with Gasteiger partial charge in [0, 0.05) is 12.8 Å². The summed E-state index contributed by atoms with van der Waals surface area (Å²) in [4.78, 5) is 7.66. The summed E-state index contributed by atoms with van der Waals surface area (Å²) in [5.74, 6) is 0. The molecule has 2 aromatic rings. The number of aromatic amines is 1. The Kier molecular flexibility index (Phi) is 2.29. The van der Waals surface area contributed by atoms with E-state index < -0.39 is 0 Å². The Hall–Kier alpha value is -1.20. The number of H-pyrrole nitrogens is 1.